The summed E-state index contributed by atoms with van der Waals surface area (Å²) < 4.78 is 0. The minimum atomic E-state index is 0. The third kappa shape index (κ3) is 19.3. The van der Waals surface area contributed by atoms with Crippen LogP contribution in [-0.4, -0.2) is 44.2 Å². The Labute approximate surface area is 224 Å². The van der Waals surface area contributed by atoms with E-state index in [1.54, 1.807) is 22.7 Å². The molecule has 2 aromatic heterocycles. The summed E-state index contributed by atoms with van der Waals surface area (Å²) in [5.74, 6) is 0. The minimum Gasteiger partial charge on any atom is -0.255 e. The van der Waals surface area contributed by atoms with Crippen molar-refractivity contribution in [2.75, 3.05) is 0 Å². The van der Waals surface area contributed by atoms with Gasteiger partial charge >= 0.3 is 0 Å². The molecule has 0 aliphatic rings. The molecule has 0 atom stereocenters. The quantitative estimate of drug-likeness (QED) is 0.113. The summed E-state index contributed by atoms with van der Waals surface area (Å²) in [6.45, 7) is 7.44. The molecule has 0 saturated heterocycles. The number of hydrogen-bond acceptors (Lipinski definition) is 6. The molecule has 4 radical (unpaired) electrons. The molecular weight excluding hydrogens is 551 g/mol. The molecule has 0 bridgehead atoms. The van der Waals surface area contributed by atoms with Gasteiger partial charge in [0.2, 0.25) is 0 Å². The largest absolute Gasteiger partial charge is 0.255 e. The SMILES string of the molecule is N=C=S.N=C=S.[CH2-]c1ccccc1.[CH2-]c1ccccc1.[Sn].c1ccc(-c2ccccn2)nc1. The Balaban J connectivity index is 0. The molecule has 0 aliphatic heterocycles. The van der Waals surface area contributed by atoms with E-state index in [-0.39, 0.29) is 23.9 Å². The number of thiocarbonyl (C=S) groups is 2. The second-order valence-corrected chi connectivity index (χ2v) is 6.01. The fraction of sp³-hybridized carbons (Fsp3) is 0. The monoisotopic (exact) mass is 576 g/mol. The summed E-state index contributed by atoms with van der Waals surface area (Å²) >= 11 is 7.62. The second kappa shape index (κ2) is 23.5. The van der Waals surface area contributed by atoms with Gasteiger partial charge in [-0.05, 0) is 48.7 Å². The van der Waals surface area contributed by atoms with Crippen LogP contribution >= 0.6 is 24.4 Å². The van der Waals surface area contributed by atoms with Gasteiger partial charge in [0, 0.05) is 36.3 Å². The van der Waals surface area contributed by atoms with Gasteiger partial charge in [0.05, 0.1) is 21.7 Å². The molecule has 2 N–H and O–H groups in total. The molecule has 0 amide bonds. The molecule has 0 spiro atoms. The molecule has 2 heterocycles. The van der Waals surface area contributed by atoms with E-state index >= 15 is 0 Å². The van der Waals surface area contributed by atoms with Gasteiger partial charge in [-0.1, -0.05) is 24.3 Å². The van der Waals surface area contributed by atoms with E-state index in [9.17, 15) is 0 Å². The fourth-order valence-electron chi connectivity index (χ4n) is 1.98. The van der Waals surface area contributed by atoms with Crippen LogP contribution in [0.15, 0.2) is 109 Å². The first kappa shape index (κ1) is 32.1. The Morgan fingerprint density at radius 2 is 0.818 bits per heavy atom. The average molecular weight is 575 g/mol. The number of isothiocyanates is 2. The van der Waals surface area contributed by atoms with Crippen molar-refractivity contribution < 1.29 is 0 Å². The van der Waals surface area contributed by atoms with Gasteiger partial charge < -0.3 is 0 Å². The van der Waals surface area contributed by atoms with Crippen molar-refractivity contribution in [2.45, 2.75) is 0 Å². The Bertz CT molecular complexity index is 934. The van der Waals surface area contributed by atoms with Gasteiger partial charge in [0.1, 0.15) is 0 Å². The fourth-order valence-corrected chi connectivity index (χ4v) is 1.98. The van der Waals surface area contributed by atoms with Crippen molar-refractivity contribution in [3.8, 4) is 11.4 Å². The van der Waals surface area contributed by atoms with Crippen LogP contribution in [0.5, 0.6) is 0 Å². The van der Waals surface area contributed by atoms with Crippen LogP contribution in [0, 0.1) is 24.7 Å². The van der Waals surface area contributed by atoms with Gasteiger partial charge in [-0.15, -0.1) is 24.3 Å². The smallest absolute Gasteiger partial charge is 0.0886 e. The number of benzene rings is 2. The molecule has 4 nitrogen and oxygen atoms in total. The van der Waals surface area contributed by atoms with Crippen molar-refractivity contribution in [1.82, 2.24) is 9.97 Å². The van der Waals surface area contributed by atoms with Crippen molar-refractivity contribution in [3.05, 3.63) is 134 Å². The van der Waals surface area contributed by atoms with Crippen molar-refractivity contribution in [3.63, 3.8) is 0 Å². The van der Waals surface area contributed by atoms with Gasteiger partial charge in [0.25, 0.3) is 0 Å². The van der Waals surface area contributed by atoms with Gasteiger partial charge in [-0.25, -0.2) is 10.8 Å². The first-order valence-electron chi connectivity index (χ1n) is 9.23. The van der Waals surface area contributed by atoms with Crippen LogP contribution in [0.2, 0.25) is 0 Å². The second-order valence-electron chi connectivity index (χ2n) is 5.61. The van der Waals surface area contributed by atoms with Crippen LogP contribution in [0.4, 0.5) is 0 Å². The van der Waals surface area contributed by atoms with Gasteiger partial charge in [0.15, 0.2) is 0 Å². The number of rotatable bonds is 1. The summed E-state index contributed by atoms with van der Waals surface area (Å²) in [5, 5.41) is 14.7. The number of pyridine rings is 2. The summed E-state index contributed by atoms with van der Waals surface area (Å²) in [5.41, 5.74) is 3.97. The van der Waals surface area contributed by atoms with Crippen molar-refractivity contribution >= 4 is 58.7 Å². The van der Waals surface area contributed by atoms with Crippen LogP contribution in [0.1, 0.15) is 11.1 Å². The van der Waals surface area contributed by atoms with Crippen LogP contribution < -0.4 is 0 Å². The molecule has 4 aromatic rings. The molecule has 33 heavy (non-hydrogen) atoms. The predicted molar refractivity (Wildman–Crippen MR) is 146 cm³/mol. The molecule has 0 fully saturated rings. The molecule has 0 aliphatic carbocycles. The first-order chi connectivity index (χ1) is 15.6. The zero-order valence-corrected chi connectivity index (χ0v) is 22.5. The Hall–Kier alpha value is -3.12. The van der Waals surface area contributed by atoms with Crippen LogP contribution in [0.3, 0.4) is 0 Å². The Morgan fingerprint density at radius 1 is 0.545 bits per heavy atom. The number of nitrogens with one attached hydrogen (secondary N) is 2. The van der Waals surface area contributed by atoms with E-state index in [0.29, 0.717) is 0 Å². The zero-order chi connectivity index (χ0) is 23.9. The third-order valence-corrected chi connectivity index (χ3v) is 3.28. The Morgan fingerprint density at radius 3 is 1.00 bits per heavy atom. The average Bonchev–Trinajstić information content (AvgIpc) is 2.83. The molecule has 4 rings (SSSR count). The first-order valence-corrected chi connectivity index (χ1v) is 10.0. The van der Waals surface area contributed by atoms with Crippen molar-refractivity contribution in [2.24, 2.45) is 0 Å². The summed E-state index contributed by atoms with van der Waals surface area (Å²) in [7, 11) is 0. The number of hydrogen-bond donors (Lipinski definition) is 2. The number of aromatic nitrogens is 2. The maximum absolute atomic E-state index is 5.77. The summed E-state index contributed by atoms with van der Waals surface area (Å²) in [6, 6.07) is 31.3. The van der Waals surface area contributed by atoms with Gasteiger partial charge in [-0.2, -0.15) is 49.2 Å². The standard InChI is InChI=1S/C10H8N2.2C7H7.2CHNS.Sn/c1-3-7-11-9(5-1)10-6-2-4-8-12-10;2*1-7-5-3-2-4-6-7;2*2-1-3;/h1-8H;2*2-6H,1H2;2*2H;/q;2*-1;;;. The molecular formula is C26H24N4S2Sn-2. The maximum Gasteiger partial charge on any atom is 0.0886 e. The minimum absolute atomic E-state index is 0. The van der Waals surface area contributed by atoms with Crippen LogP contribution in [-0.2, 0) is 0 Å². The van der Waals surface area contributed by atoms with E-state index in [2.05, 4.69) is 48.3 Å². The predicted octanol–water partition coefficient (Wildman–Crippen LogP) is 6.84. The summed E-state index contributed by atoms with van der Waals surface area (Å²) in [6.07, 6.45) is 3.54. The maximum atomic E-state index is 5.77. The number of nitrogens with zero attached hydrogens (tertiary/aromatic N) is 2. The summed E-state index contributed by atoms with van der Waals surface area (Å²) in [4.78, 5) is 8.37. The van der Waals surface area contributed by atoms with E-state index in [1.165, 1.54) is 0 Å². The molecule has 7 heteroatoms. The van der Waals surface area contributed by atoms with E-state index < -0.39 is 0 Å². The Kier molecular flexibility index (Phi) is 22.9. The van der Waals surface area contributed by atoms with Crippen molar-refractivity contribution in [1.29, 1.82) is 10.8 Å². The van der Waals surface area contributed by atoms with E-state index in [1.807, 2.05) is 97.1 Å². The third-order valence-electron chi connectivity index (χ3n) is 3.28. The van der Waals surface area contributed by atoms with Crippen LogP contribution in [0.25, 0.3) is 11.4 Å². The molecule has 166 valence electrons. The zero-order valence-electron chi connectivity index (χ0n) is 18.0. The van der Waals surface area contributed by atoms with E-state index in [0.717, 1.165) is 22.5 Å². The van der Waals surface area contributed by atoms with Gasteiger partial charge in [-0.3, -0.25) is 9.97 Å². The normalized spacial score (nSPS) is 7.64. The topological polar surface area (TPSA) is 73.5 Å². The van der Waals surface area contributed by atoms with E-state index in [4.69, 9.17) is 10.8 Å². The molecule has 0 unspecified atom stereocenters. The molecule has 0 saturated carbocycles. The molecule has 2 aromatic carbocycles.